The van der Waals surface area contributed by atoms with Crippen LogP contribution in [0.4, 0.5) is 0 Å². The van der Waals surface area contributed by atoms with Crippen LogP contribution >= 0.6 is 34.8 Å². The molecular formula is C30H26Cl3N3O. The number of nitrogens with zero attached hydrogens (tertiary/aromatic N) is 2. The highest BCUT2D eigenvalue weighted by Gasteiger charge is 2.28. The number of hydrogen-bond acceptors (Lipinski definition) is 2. The monoisotopic (exact) mass is 549 g/mol. The predicted octanol–water partition coefficient (Wildman–Crippen LogP) is 8.59. The Morgan fingerprint density at radius 1 is 0.946 bits per heavy atom. The van der Waals surface area contributed by atoms with Gasteiger partial charge >= 0.3 is 0 Å². The zero-order valence-corrected chi connectivity index (χ0v) is 22.6. The molecule has 37 heavy (non-hydrogen) atoms. The Kier molecular flexibility index (Phi) is 7.71. The highest BCUT2D eigenvalue weighted by Crippen LogP contribution is 2.37. The van der Waals surface area contributed by atoms with Crippen molar-refractivity contribution in [3.05, 3.63) is 116 Å². The Morgan fingerprint density at radius 2 is 1.65 bits per heavy atom. The summed E-state index contributed by atoms with van der Waals surface area (Å²) in [6, 6.07) is 22.8. The second kappa shape index (κ2) is 11.1. The molecule has 1 aliphatic rings. The Balaban J connectivity index is 1.64. The van der Waals surface area contributed by atoms with E-state index in [1.165, 1.54) is 0 Å². The summed E-state index contributed by atoms with van der Waals surface area (Å²) in [5, 5.41) is 9.70. The SMILES string of the molecule is C[C@H](NC(=O)c1nn(-c2ccc(Cl)cc2Cl)c2c1CCCCC2=Cc1ccc(Cl)cc1)c1ccccc1. The lowest BCUT2D eigenvalue weighted by Gasteiger charge is -2.14. The quantitative estimate of drug-likeness (QED) is 0.253. The number of hydrogen-bond donors (Lipinski definition) is 1. The molecule has 4 nitrogen and oxygen atoms in total. The maximum Gasteiger partial charge on any atom is 0.272 e. The minimum atomic E-state index is -0.204. The van der Waals surface area contributed by atoms with Crippen molar-refractivity contribution >= 4 is 52.4 Å². The first-order valence-electron chi connectivity index (χ1n) is 12.3. The van der Waals surface area contributed by atoms with Crippen molar-refractivity contribution in [3.8, 4) is 5.69 Å². The number of halogens is 3. The second-order valence-corrected chi connectivity index (χ2v) is 10.5. The van der Waals surface area contributed by atoms with Gasteiger partial charge in [0.05, 0.1) is 22.4 Å². The average molecular weight is 551 g/mol. The molecule has 1 aliphatic carbocycles. The van der Waals surface area contributed by atoms with Gasteiger partial charge in [-0.25, -0.2) is 4.68 Å². The molecule has 0 unspecified atom stereocenters. The van der Waals surface area contributed by atoms with Crippen LogP contribution in [0.5, 0.6) is 0 Å². The number of amides is 1. The summed E-state index contributed by atoms with van der Waals surface area (Å²) in [6.45, 7) is 1.98. The van der Waals surface area contributed by atoms with Gasteiger partial charge in [-0.2, -0.15) is 5.10 Å². The molecule has 0 saturated heterocycles. The summed E-state index contributed by atoms with van der Waals surface area (Å²) in [5.74, 6) is -0.204. The molecule has 1 heterocycles. The molecule has 0 spiro atoms. The molecule has 0 aliphatic heterocycles. The number of nitrogens with one attached hydrogen (secondary N) is 1. The van der Waals surface area contributed by atoms with Crippen LogP contribution in [0.3, 0.4) is 0 Å². The first-order valence-corrected chi connectivity index (χ1v) is 13.4. The Bertz CT molecular complexity index is 1460. The number of fused-ring (bicyclic) bond motifs is 1. The predicted molar refractivity (Wildman–Crippen MR) is 153 cm³/mol. The molecule has 3 aromatic carbocycles. The Labute approximate surface area is 231 Å². The average Bonchev–Trinajstić information content (AvgIpc) is 3.14. The van der Waals surface area contributed by atoms with E-state index in [4.69, 9.17) is 39.9 Å². The van der Waals surface area contributed by atoms with Crippen LogP contribution in [0.2, 0.25) is 15.1 Å². The number of benzene rings is 3. The molecule has 0 saturated carbocycles. The largest absolute Gasteiger partial charge is 0.344 e. The van der Waals surface area contributed by atoms with Gasteiger partial charge in [-0.1, -0.05) is 77.3 Å². The van der Waals surface area contributed by atoms with Crippen LogP contribution < -0.4 is 5.32 Å². The molecule has 0 radical (unpaired) electrons. The molecule has 5 rings (SSSR count). The molecular weight excluding hydrogens is 525 g/mol. The highest BCUT2D eigenvalue weighted by atomic mass is 35.5. The lowest BCUT2D eigenvalue weighted by atomic mass is 10.0. The maximum atomic E-state index is 13.6. The second-order valence-electron chi connectivity index (χ2n) is 9.22. The fourth-order valence-electron chi connectivity index (χ4n) is 4.75. The molecule has 1 N–H and O–H groups in total. The van der Waals surface area contributed by atoms with E-state index in [1.54, 1.807) is 12.1 Å². The van der Waals surface area contributed by atoms with E-state index < -0.39 is 0 Å². The van der Waals surface area contributed by atoms with Crippen molar-refractivity contribution in [1.29, 1.82) is 0 Å². The summed E-state index contributed by atoms with van der Waals surface area (Å²) >= 11 is 19.0. The lowest BCUT2D eigenvalue weighted by Crippen LogP contribution is -2.28. The van der Waals surface area contributed by atoms with Crippen LogP contribution in [-0.2, 0) is 6.42 Å². The fraction of sp³-hybridized carbons (Fsp3) is 0.200. The van der Waals surface area contributed by atoms with Gasteiger partial charge in [-0.15, -0.1) is 0 Å². The molecule has 1 aromatic heterocycles. The van der Waals surface area contributed by atoms with E-state index in [9.17, 15) is 4.79 Å². The highest BCUT2D eigenvalue weighted by molar-refractivity contribution is 6.35. The first kappa shape index (κ1) is 25.6. The summed E-state index contributed by atoms with van der Waals surface area (Å²) in [7, 11) is 0. The molecule has 0 bridgehead atoms. The summed E-state index contributed by atoms with van der Waals surface area (Å²) in [6.07, 6.45) is 5.72. The topological polar surface area (TPSA) is 46.9 Å². The molecule has 0 fully saturated rings. The third-order valence-corrected chi connectivity index (χ3v) is 7.41. The van der Waals surface area contributed by atoms with E-state index in [1.807, 2.05) is 72.3 Å². The van der Waals surface area contributed by atoms with E-state index >= 15 is 0 Å². The van der Waals surface area contributed by atoms with Crippen LogP contribution in [-0.4, -0.2) is 15.7 Å². The van der Waals surface area contributed by atoms with Gasteiger partial charge in [0.15, 0.2) is 5.69 Å². The normalized spacial score (nSPS) is 15.2. The molecule has 7 heteroatoms. The van der Waals surface area contributed by atoms with E-state index in [0.29, 0.717) is 26.4 Å². The minimum absolute atomic E-state index is 0.163. The fourth-order valence-corrected chi connectivity index (χ4v) is 5.37. The van der Waals surface area contributed by atoms with Crippen molar-refractivity contribution < 1.29 is 4.79 Å². The Morgan fingerprint density at radius 3 is 2.38 bits per heavy atom. The van der Waals surface area contributed by atoms with Crippen molar-refractivity contribution in [3.63, 3.8) is 0 Å². The lowest BCUT2D eigenvalue weighted by molar-refractivity contribution is 0.0933. The van der Waals surface area contributed by atoms with Crippen molar-refractivity contribution in [1.82, 2.24) is 15.1 Å². The van der Waals surface area contributed by atoms with E-state index in [2.05, 4.69) is 11.4 Å². The number of rotatable bonds is 5. The van der Waals surface area contributed by atoms with Crippen LogP contribution in [0, 0.1) is 0 Å². The summed E-state index contributed by atoms with van der Waals surface area (Å²) < 4.78 is 1.81. The van der Waals surface area contributed by atoms with Crippen molar-refractivity contribution in [2.75, 3.05) is 0 Å². The van der Waals surface area contributed by atoms with Crippen LogP contribution in [0.15, 0.2) is 72.8 Å². The summed E-state index contributed by atoms with van der Waals surface area (Å²) in [4.78, 5) is 13.6. The maximum absolute atomic E-state index is 13.6. The number of aromatic nitrogens is 2. The standard InChI is InChI=1S/C30H26Cl3N3O/c1-19(21-7-3-2-4-8-21)34-30(37)28-25-10-6-5-9-22(17-20-11-13-23(31)14-12-20)29(25)36(35-28)27-16-15-24(32)18-26(27)33/h2-4,7-8,11-19H,5-6,9-10H2,1H3,(H,34,37)/t19-/m0/s1. The van der Waals surface area contributed by atoms with Gasteiger partial charge in [0.1, 0.15) is 0 Å². The minimum Gasteiger partial charge on any atom is -0.344 e. The summed E-state index contributed by atoms with van der Waals surface area (Å²) in [5.41, 5.74) is 6.12. The Hall–Kier alpha value is -3.05. The zero-order valence-electron chi connectivity index (χ0n) is 20.3. The van der Waals surface area contributed by atoms with Gasteiger partial charge in [-0.3, -0.25) is 4.79 Å². The number of carbonyl (C=O) groups is 1. The van der Waals surface area contributed by atoms with Gasteiger partial charge in [-0.05, 0) is 85.7 Å². The molecule has 188 valence electrons. The van der Waals surface area contributed by atoms with Gasteiger partial charge in [0.25, 0.3) is 5.91 Å². The molecule has 1 amide bonds. The van der Waals surface area contributed by atoms with Crippen LogP contribution in [0.1, 0.15) is 65.1 Å². The first-order chi connectivity index (χ1) is 17.9. The van der Waals surface area contributed by atoms with E-state index in [-0.39, 0.29) is 11.9 Å². The van der Waals surface area contributed by atoms with Gasteiger partial charge < -0.3 is 5.32 Å². The van der Waals surface area contributed by atoms with Crippen LogP contribution in [0.25, 0.3) is 17.3 Å². The van der Waals surface area contributed by atoms with E-state index in [0.717, 1.165) is 53.6 Å². The molecule has 1 atom stereocenters. The van der Waals surface area contributed by atoms with Gasteiger partial charge in [0.2, 0.25) is 0 Å². The smallest absolute Gasteiger partial charge is 0.272 e. The number of carbonyl (C=O) groups excluding carboxylic acids is 1. The third kappa shape index (κ3) is 5.62. The molecule has 4 aromatic rings. The third-order valence-electron chi connectivity index (χ3n) is 6.62. The van der Waals surface area contributed by atoms with Crippen molar-refractivity contribution in [2.45, 2.75) is 38.6 Å². The van der Waals surface area contributed by atoms with Gasteiger partial charge in [0, 0.05) is 15.6 Å². The zero-order chi connectivity index (χ0) is 25.9. The number of allylic oxidation sites excluding steroid dienone is 1. The van der Waals surface area contributed by atoms with Crippen molar-refractivity contribution in [2.24, 2.45) is 0 Å².